The molecule has 0 bridgehead atoms. The van der Waals surface area contributed by atoms with Crippen molar-refractivity contribution in [1.29, 1.82) is 0 Å². The third-order valence-electron chi connectivity index (χ3n) is 3.19. The summed E-state index contributed by atoms with van der Waals surface area (Å²) in [4.78, 5) is 12.2. The molecule has 1 heterocycles. The second kappa shape index (κ2) is 7.63. The number of aromatic nitrogens is 2. The van der Waals surface area contributed by atoms with Crippen LogP contribution < -0.4 is 10.1 Å². The maximum absolute atomic E-state index is 12.2. The van der Waals surface area contributed by atoms with Crippen molar-refractivity contribution in [2.75, 3.05) is 5.32 Å². The molecule has 7 heteroatoms. The molecule has 0 aliphatic heterocycles. The highest BCUT2D eigenvalue weighted by molar-refractivity contribution is 9.10. The number of nitrogens with one attached hydrogen (secondary N) is 1. The van der Waals surface area contributed by atoms with Crippen LogP contribution in [0.5, 0.6) is 5.75 Å². The zero-order chi connectivity index (χ0) is 16.9. The van der Waals surface area contributed by atoms with E-state index in [4.69, 9.17) is 4.74 Å². The topological polar surface area (TPSA) is 56.2 Å². The Morgan fingerprint density at radius 1 is 1.12 bits per heavy atom. The Bertz CT molecular complexity index is 847. The van der Waals surface area contributed by atoms with Crippen LogP contribution in [-0.2, 0) is 6.73 Å². The van der Waals surface area contributed by atoms with Crippen molar-refractivity contribution >= 4 is 43.5 Å². The number of hydrogen-bond acceptors (Lipinski definition) is 3. The minimum atomic E-state index is -0.198. The quantitative estimate of drug-likeness (QED) is 0.613. The van der Waals surface area contributed by atoms with Crippen molar-refractivity contribution < 1.29 is 9.53 Å². The fraction of sp³-hybridized carbons (Fsp3) is 0.0588. The Morgan fingerprint density at radius 2 is 1.88 bits per heavy atom. The van der Waals surface area contributed by atoms with Crippen molar-refractivity contribution in [3.05, 3.63) is 75.4 Å². The van der Waals surface area contributed by atoms with Gasteiger partial charge in [0.2, 0.25) is 0 Å². The average molecular weight is 451 g/mol. The molecule has 0 aliphatic rings. The van der Waals surface area contributed by atoms with Crippen LogP contribution >= 0.6 is 31.9 Å². The van der Waals surface area contributed by atoms with Crippen LogP contribution in [0.3, 0.4) is 0 Å². The van der Waals surface area contributed by atoms with Gasteiger partial charge in [-0.2, -0.15) is 5.10 Å². The van der Waals surface area contributed by atoms with E-state index in [9.17, 15) is 4.79 Å². The molecule has 2 aromatic carbocycles. The van der Waals surface area contributed by atoms with Crippen molar-refractivity contribution in [1.82, 2.24) is 9.78 Å². The molecular weight excluding hydrogens is 438 g/mol. The molecule has 122 valence electrons. The number of carbonyl (C=O) groups is 1. The summed E-state index contributed by atoms with van der Waals surface area (Å²) in [5.41, 5.74) is 1.17. The maximum atomic E-state index is 12.2. The maximum Gasteiger partial charge on any atom is 0.256 e. The molecule has 1 N–H and O–H groups in total. The number of ether oxygens (including phenoxy) is 1. The van der Waals surface area contributed by atoms with Gasteiger partial charge in [-0.15, -0.1) is 0 Å². The molecule has 3 aromatic rings. The predicted molar refractivity (Wildman–Crippen MR) is 99.1 cm³/mol. The summed E-state index contributed by atoms with van der Waals surface area (Å²) in [6, 6.07) is 14.8. The summed E-state index contributed by atoms with van der Waals surface area (Å²) in [7, 11) is 0. The monoisotopic (exact) mass is 449 g/mol. The normalized spacial score (nSPS) is 10.4. The largest absolute Gasteiger partial charge is 0.471 e. The minimum absolute atomic E-state index is 0.198. The number of benzene rings is 2. The summed E-state index contributed by atoms with van der Waals surface area (Å²) in [5, 5.41) is 6.98. The van der Waals surface area contributed by atoms with Crippen molar-refractivity contribution in [3.63, 3.8) is 0 Å². The third-order valence-corrected chi connectivity index (χ3v) is 4.41. The number of halogens is 2. The molecule has 0 fully saturated rings. The number of rotatable bonds is 5. The number of carbonyl (C=O) groups excluding carboxylic acids is 1. The van der Waals surface area contributed by atoms with Gasteiger partial charge in [-0.3, -0.25) is 4.79 Å². The molecule has 0 radical (unpaired) electrons. The van der Waals surface area contributed by atoms with Gasteiger partial charge in [0.15, 0.2) is 6.73 Å². The van der Waals surface area contributed by atoms with Gasteiger partial charge in [0.1, 0.15) is 5.75 Å². The van der Waals surface area contributed by atoms with Crippen LogP contribution in [0.25, 0.3) is 0 Å². The zero-order valence-electron chi connectivity index (χ0n) is 12.4. The smallest absolute Gasteiger partial charge is 0.256 e. The van der Waals surface area contributed by atoms with Crippen LogP contribution in [-0.4, -0.2) is 15.7 Å². The van der Waals surface area contributed by atoms with Crippen LogP contribution in [0, 0.1) is 0 Å². The first-order valence-electron chi connectivity index (χ1n) is 7.08. The predicted octanol–water partition coefficient (Wildman–Crippen LogP) is 4.70. The van der Waals surface area contributed by atoms with Crippen LogP contribution in [0.4, 0.5) is 5.69 Å². The Labute approximate surface area is 155 Å². The second-order valence-electron chi connectivity index (χ2n) is 4.93. The van der Waals surface area contributed by atoms with Crippen LogP contribution in [0.15, 0.2) is 69.9 Å². The van der Waals surface area contributed by atoms with Gasteiger partial charge in [0.25, 0.3) is 5.91 Å². The Balaban J connectivity index is 1.60. The molecule has 1 amide bonds. The number of hydrogen-bond donors (Lipinski definition) is 1. The SMILES string of the molecule is O=C(Nc1cnn(COc2ccc(Br)cc2)c1)c1ccccc1Br. The molecule has 24 heavy (non-hydrogen) atoms. The summed E-state index contributed by atoms with van der Waals surface area (Å²) >= 11 is 6.74. The number of nitrogens with zero attached hydrogens (tertiary/aromatic N) is 2. The Morgan fingerprint density at radius 3 is 2.62 bits per heavy atom. The Hall–Kier alpha value is -2.12. The van der Waals surface area contributed by atoms with Gasteiger partial charge < -0.3 is 10.1 Å². The molecule has 0 spiro atoms. The van der Waals surface area contributed by atoms with E-state index in [1.54, 1.807) is 23.1 Å². The van der Waals surface area contributed by atoms with Gasteiger partial charge in [-0.1, -0.05) is 28.1 Å². The van der Waals surface area contributed by atoms with Crippen LogP contribution in [0.2, 0.25) is 0 Å². The van der Waals surface area contributed by atoms with E-state index in [0.717, 1.165) is 14.7 Å². The van der Waals surface area contributed by atoms with E-state index in [-0.39, 0.29) is 12.6 Å². The highest BCUT2D eigenvalue weighted by Gasteiger charge is 2.10. The minimum Gasteiger partial charge on any atom is -0.471 e. The van der Waals surface area contributed by atoms with E-state index < -0.39 is 0 Å². The third kappa shape index (κ3) is 4.24. The van der Waals surface area contributed by atoms with Crippen molar-refractivity contribution in [2.45, 2.75) is 6.73 Å². The molecule has 1 aromatic heterocycles. The Kier molecular flexibility index (Phi) is 5.32. The highest BCUT2D eigenvalue weighted by Crippen LogP contribution is 2.18. The lowest BCUT2D eigenvalue weighted by molar-refractivity contribution is 0.102. The molecule has 5 nitrogen and oxygen atoms in total. The standard InChI is InChI=1S/C17H13Br2N3O2/c18-12-5-7-14(8-6-12)24-11-22-10-13(9-20-22)21-17(23)15-3-1-2-4-16(15)19/h1-10H,11H2,(H,21,23). The summed E-state index contributed by atoms with van der Waals surface area (Å²) in [6.45, 7) is 0.256. The fourth-order valence-corrected chi connectivity index (χ4v) is 2.74. The van der Waals surface area contributed by atoms with Gasteiger partial charge in [0.05, 0.1) is 23.6 Å². The highest BCUT2D eigenvalue weighted by atomic mass is 79.9. The number of anilines is 1. The van der Waals surface area contributed by atoms with Crippen molar-refractivity contribution in [2.24, 2.45) is 0 Å². The lowest BCUT2D eigenvalue weighted by Crippen LogP contribution is -2.12. The van der Waals surface area contributed by atoms with Gasteiger partial charge in [0, 0.05) is 8.95 Å². The lowest BCUT2D eigenvalue weighted by Gasteiger charge is -2.06. The summed E-state index contributed by atoms with van der Waals surface area (Å²) in [5.74, 6) is 0.545. The summed E-state index contributed by atoms with van der Waals surface area (Å²) < 4.78 is 8.97. The van der Waals surface area contributed by atoms with E-state index >= 15 is 0 Å². The zero-order valence-corrected chi connectivity index (χ0v) is 15.6. The molecule has 0 aliphatic carbocycles. The average Bonchev–Trinajstić information content (AvgIpc) is 3.02. The van der Waals surface area contributed by atoms with Gasteiger partial charge >= 0.3 is 0 Å². The second-order valence-corrected chi connectivity index (χ2v) is 6.70. The van der Waals surface area contributed by atoms with Crippen LogP contribution in [0.1, 0.15) is 10.4 Å². The summed E-state index contributed by atoms with van der Waals surface area (Å²) in [6.07, 6.45) is 3.30. The van der Waals surface area contributed by atoms with E-state index in [1.165, 1.54) is 0 Å². The van der Waals surface area contributed by atoms with E-state index in [1.807, 2.05) is 42.5 Å². The first-order valence-corrected chi connectivity index (χ1v) is 8.67. The van der Waals surface area contributed by atoms with Gasteiger partial charge in [-0.05, 0) is 52.3 Å². The molecule has 0 saturated carbocycles. The molecule has 3 rings (SSSR count). The van der Waals surface area contributed by atoms with Crippen molar-refractivity contribution in [3.8, 4) is 5.75 Å². The first-order chi connectivity index (χ1) is 11.6. The fourth-order valence-electron chi connectivity index (χ4n) is 2.01. The molecule has 0 atom stereocenters. The molecular formula is C17H13Br2N3O2. The lowest BCUT2D eigenvalue weighted by atomic mass is 10.2. The van der Waals surface area contributed by atoms with Gasteiger partial charge in [-0.25, -0.2) is 4.68 Å². The molecule has 0 unspecified atom stereocenters. The molecule has 0 saturated heterocycles. The van der Waals surface area contributed by atoms with E-state index in [2.05, 4.69) is 42.3 Å². The first kappa shape index (κ1) is 16.7. The van der Waals surface area contributed by atoms with E-state index in [0.29, 0.717) is 11.3 Å². The number of amides is 1.